The van der Waals surface area contributed by atoms with Gasteiger partial charge in [-0.15, -0.1) is 0 Å². The maximum absolute atomic E-state index is 10.4. The van der Waals surface area contributed by atoms with Crippen LogP contribution in [0.4, 0.5) is 0 Å². The van der Waals surface area contributed by atoms with E-state index in [-0.39, 0.29) is 0 Å². The molecule has 4 unspecified atom stereocenters. The summed E-state index contributed by atoms with van der Waals surface area (Å²) in [5, 5.41) is 39.9. The average Bonchev–Trinajstić information content (AvgIpc) is 3.05. The Morgan fingerprint density at radius 1 is 0.944 bits per heavy atom. The van der Waals surface area contributed by atoms with Crippen molar-refractivity contribution in [2.45, 2.75) is 58.3 Å². The fourth-order valence-corrected chi connectivity index (χ4v) is 5.41. The molecule has 2 aliphatic rings. The number of nitrogens with one attached hydrogen (secondary N) is 1. The van der Waals surface area contributed by atoms with E-state index in [4.69, 9.17) is 19.6 Å². The summed E-state index contributed by atoms with van der Waals surface area (Å²) in [6, 6.07) is 20.9. The molecule has 1 N–H and O–H groups in total. The van der Waals surface area contributed by atoms with Gasteiger partial charge in [0.2, 0.25) is 17.1 Å². The lowest BCUT2D eigenvalue weighted by Gasteiger charge is -2.48. The van der Waals surface area contributed by atoms with Gasteiger partial charge in [0, 0.05) is 5.56 Å². The molecule has 0 saturated carbocycles. The summed E-state index contributed by atoms with van der Waals surface area (Å²) >= 11 is 0. The second kappa shape index (κ2) is 9.65. The van der Waals surface area contributed by atoms with Crippen molar-refractivity contribution in [3.8, 4) is 24.0 Å². The van der Waals surface area contributed by atoms with E-state index < -0.39 is 34.5 Å². The number of rotatable bonds is 8. The summed E-state index contributed by atoms with van der Waals surface area (Å²) in [5.74, 6) is -2.02. The van der Waals surface area contributed by atoms with Crippen molar-refractivity contribution in [3.63, 3.8) is 0 Å². The zero-order valence-electron chi connectivity index (χ0n) is 20.9. The van der Waals surface area contributed by atoms with Crippen LogP contribution in [-0.2, 0) is 15.3 Å². The van der Waals surface area contributed by atoms with E-state index in [0.29, 0.717) is 23.5 Å². The number of benzene rings is 2. The monoisotopic (exact) mass is 482 g/mol. The minimum absolute atomic E-state index is 0.421. The van der Waals surface area contributed by atoms with Crippen molar-refractivity contribution < 1.29 is 14.2 Å². The zero-order chi connectivity index (χ0) is 26.0. The number of nitrogens with zero attached hydrogens (tertiary/aromatic N) is 3. The normalized spacial score (nSPS) is 27.8. The predicted molar refractivity (Wildman–Crippen MR) is 132 cm³/mol. The van der Waals surface area contributed by atoms with Gasteiger partial charge < -0.3 is 14.2 Å². The van der Waals surface area contributed by atoms with Crippen molar-refractivity contribution in [2.75, 3.05) is 6.61 Å². The van der Waals surface area contributed by atoms with E-state index in [2.05, 4.69) is 25.1 Å². The minimum Gasteiger partial charge on any atom is -0.494 e. The van der Waals surface area contributed by atoms with E-state index in [1.54, 1.807) is 31.2 Å². The van der Waals surface area contributed by atoms with Gasteiger partial charge in [0.1, 0.15) is 11.9 Å². The number of aryl methyl sites for hydroxylation is 1. The Hall–Kier alpha value is -3.86. The molecule has 2 aromatic carbocycles. The second-order valence-corrected chi connectivity index (χ2v) is 9.61. The molecule has 0 aromatic heterocycles. The van der Waals surface area contributed by atoms with Gasteiger partial charge in [-0.1, -0.05) is 75.1 Å². The van der Waals surface area contributed by atoms with Crippen LogP contribution in [0.3, 0.4) is 0 Å². The quantitative estimate of drug-likeness (QED) is 0.456. The van der Waals surface area contributed by atoms with Crippen molar-refractivity contribution in [1.29, 1.82) is 21.2 Å². The van der Waals surface area contributed by atoms with Gasteiger partial charge in [-0.2, -0.15) is 15.8 Å². The van der Waals surface area contributed by atoms with Crippen molar-refractivity contribution in [3.05, 3.63) is 65.2 Å². The van der Waals surface area contributed by atoms with Crippen LogP contribution < -0.4 is 4.74 Å². The van der Waals surface area contributed by atoms with Gasteiger partial charge in [-0.05, 0) is 31.0 Å². The summed E-state index contributed by atoms with van der Waals surface area (Å²) in [4.78, 5) is 0. The van der Waals surface area contributed by atoms with Crippen LogP contribution in [0.5, 0.6) is 5.75 Å². The molecule has 2 saturated heterocycles. The highest BCUT2D eigenvalue weighted by molar-refractivity contribution is 5.89. The second-order valence-electron chi connectivity index (χ2n) is 9.61. The third-order valence-electron chi connectivity index (χ3n) is 7.57. The van der Waals surface area contributed by atoms with Crippen LogP contribution in [-0.4, -0.2) is 12.5 Å². The van der Waals surface area contributed by atoms with E-state index >= 15 is 0 Å². The Morgan fingerprint density at radius 3 is 2.19 bits per heavy atom. The summed E-state index contributed by atoms with van der Waals surface area (Å²) in [6.45, 7) is 6.43. The largest absolute Gasteiger partial charge is 0.494 e. The lowest BCUT2D eigenvalue weighted by molar-refractivity contribution is -0.288. The third-order valence-corrected chi connectivity index (χ3v) is 7.57. The molecule has 4 atom stereocenters. The molecule has 184 valence electrons. The molecule has 7 nitrogen and oxygen atoms in total. The molecule has 7 heteroatoms. The fourth-order valence-electron chi connectivity index (χ4n) is 5.41. The fraction of sp³-hybridized carbons (Fsp3) is 0.448. The van der Waals surface area contributed by atoms with Crippen LogP contribution in [0.25, 0.3) is 0 Å². The number of hydrogen-bond donors (Lipinski definition) is 1. The predicted octanol–water partition coefficient (Wildman–Crippen LogP) is 6.07. The maximum Gasteiger partial charge on any atom is 0.244 e. The van der Waals surface area contributed by atoms with Crippen LogP contribution in [0.15, 0.2) is 48.5 Å². The van der Waals surface area contributed by atoms with E-state index in [1.165, 1.54) is 6.42 Å². The summed E-state index contributed by atoms with van der Waals surface area (Å²) in [7, 11) is 0. The molecule has 2 bridgehead atoms. The first-order valence-corrected chi connectivity index (χ1v) is 12.3. The molecule has 2 fully saturated rings. The average molecular weight is 483 g/mol. The summed E-state index contributed by atoms with van der Waals surface area (Å²) in [5.41, 5.74) is -1.62. The summed E-state index contributed by atoms with van der Waals surface area (Å²) < 4.78 is 18.4. The third kappa shape index (κ3) is 3.53. The lowest BCUT2D eigenvalue weighted by Crippen LogP contribution is -2.57. The summed E-state index contributed by atoms with van der Waals surface area (Å²) in [6.07, 6.45) is 3.27. The Balaban J connectivity index is 1.76. The van der Waals surface area contributed by atoms with E-state index in [9.17, 15) is 15.8 Å². The van der Waals surface area contributed by atoms with Gasteiger partial charge in [0.15, 0.2) is 5.41 Å². The number of nitriles is 3. The van der Waals surface area contributed by atoms with Crippen LogP contribution in [0, 0.1) is 63.1 Å². The molecule has 2 aromatic rings. The SMILES string of the molecule is CCCCCCOc1ccc(C2OC3(c4ccc(C)cc4)OC(=N)C(C#N)(C3C)C2(C#N)C#N)cc1. The number of ether oxygens (including phenoxy) is 3. The first kappa shape index (κ1) is 25.2. The molecule has 0 radical (unpaired) electrons. The first-order chi connectivity index (χ1) is 17.3. The standard InChI is InChI=1S/C29H30N4O3/c1-4-5-6-7-16-34-24-14-10-22(11-15-24)25-27(17-30,18-31)28(19-32)21(3)29(35-25,36-26(28)33)23-12-8-20(2)9-13-23/h8-15,21,25,33H,4-7,16H2,1-3H3. The molecule has 2 aliphatic heterocycles. The van der Waals surface area contributed by atoms with Crippen molar-refractivity contribution >= 4 is 5.90 Å². The molecule has 2 heterocycles. The topological polar surface area (TPSA) is 123 Å². The number of fused-ring (bicyclic) bond motifs is 2. The number of hydrogen-bond acceptors (Lipinski definition) is 7. The Morgan fingerprint density at radius 2 is 1.61 bits per heavy atom. The minimum atomic E-state index is -1.99. The van der Waals surface area contributed by atoms with Crippen LogP contribution >= 0.6 is 0 Å². The Bertz CT molecular complexity index is 1240. The molecule has 0 amide bonds. The smallest absolute Gasteiger partial charge is 0.244 e. The highest BCUT2D eigenvalue weighted by Gasteiger charge is 2.79. The maximum atomic E-state index is 10.4. The molecule has 4 rings (SSSR count). The molecule has 0 aliphatic carbocycles. The van der Waals surface area contributed by atoms with Crippen LogP contribution in [0.1, 0.15) is 62.3 Å². The number of unbranched alkanes of at least 4 members (excludes halogenated alkanes) is 3. The molecular formula is C29H30N4O3. The first-order valence-electron chi connectivity index (χ1n) is 12.3. The lowest BCUT2D eigenvalue weighted by atomic mass is 9.53. The highest BCUT2D eigenvalue weighted by atomic mass is 16.7. The highest BCUT2D eigenvalue weighted by Crippen LogP contribution is 2.68. The van der Waals surface area contributed by atoms with E-state index in [1.807, 2.05) is 31.2 Å². The van der Waals surface area contributed by atoms with Gasteiger partial charge in [0.05, 0.1) is 30.7 Å². The molecular weight excluding hydrogens is 452 g/mol. The zero-order valence-corrected chi connectivity index (χ0v) is 20.9. The molecule has 36 heavy (non-hydrogen) atoms. The van der Waals surface area contributed by atoms with Crippen LogP contribution in [0.2, 0.25) is 0 Å². The van der Waals surface area contributed by atoms with Crippen molar-refractivity contribution in [1.82, 2.24) is 0 Å². The van der Waals surface area contributed by atoms with Gasteiger partial charge >= 0.3 is 0 Å². The van der Waals surface area contributed by atoms with Gasteiger partial charge in [-0.3, -0.25) is 5.41 Å². The van der Waals surface area contributed by atoms with Gasteiger partial charge in [0.25, 0.3) is 0 Å². The molecule has 0 spiro atoms. The van der Waals surface area contributed by atoms with Crippen molar-refractivity contribution in [2.24, 2.45) is 16.7 Å². The van der Waals surface area contributed by atoms with E-state index in [0.717, 1.165) is 24.8 Å². The van der Waals surface area contributed by atoms with Gasteiger partial charge in [-0.25, -0.2) is 0 Å². The Labute approximate surface area is 212 Å². The Kier molecular flexibility index (Phi) is 6.77.